The molecule has 4 nitrogen and oxygen atoms in total. The predicted molar refractivity (Wildman–Crippen MR) is 75.1 cm³/mol. The van der Waals surface area contributed by atoms with Crippen LogP contribution in [0.1, 0.15) is 13.3 Å². The molecule has 0 amide bonds. The quantitative estimate of drug-likeness (QED) is 0.608. The summed E-state index contributed by atoms with van der Waals surface area (Å²) >= 11 is -0.514. The normalized spacial score (nSPS) is 18.6. The third-order valence-electron chi connectivity index (χ3n) is 2.37. The van der Waals surface area contributed by atoms with Crippen LogP contribution in [-0.4, -0.2) is 22.6 Å². The zero-order chi connectivity index (χ0) is 13.0. The molecule has 1 unspecified atom stereocenters. The molecule has 2 rings (SSSR count). The van der Waals surface area contributed by atoms with E-state index in [0.29, 0.717) is 6.61 Å². The highest BCUT2D eigenvalue weighted by atomic mass is 127. The van der Waals surface area contributed by atoms with Gasteiger partial charge in [-0.1, -0.05) is 0 Å². The van der Waals surface area contributed by atoms with Gasteiger partial charge >= 0.3 is 5.97 Å². The van der Waals surface area contributed by atoms with E-state index in [4.69, 9.17) is 7.90 Å². The summed E-state index contributed by atoms with van der Waals surface area (Å²) < 4.78 is 25.3. The number of hydrogen-bond donors (Lipinski definition) is 0. The van der Waals surface area contributed by atoms with E-state index in [9.17, 15) is 9.18 Å². The number of esters is 1. The number of nitrogens with zero attached hydrogens (tertiary/aromatic N) is 1. The molecule has 0 bridgehead atoms. The Balaban J connectivity index is 2.04. The Hall–Kier alpha value is -1.02. The summed E-state index contributed by atoms with van der Waals surface area (Å²) in [6.45, 7) is 2.15. The SMILES string of the molecule is CCOC(=O)CC1C=ION1c1ccc(F)cc1. The Morgan fingerprint density at radius 3 is 2.89 bits per heavy atom. The molecule has 0 aromatic heterocycles. The Bertz CT molecular complexity index is 449. The smallest absolute Gasteiger partial charge is 0.308 e. The maximum atomic E-state index is 12.8. The molecule has 0 aliphatic carbocycles. The first-order valence-corrected chi connectivity index (χ1v) is 7.67. The average molecular weight is 365 g/mol. The molecule has 18 heavy (non-hydrogen) atoms. The van der Waals surface area contributed by atoms with Gasteiger partial charge in [0.1, 0.15) is 5.82 Å². The summed E-state index contributed by atoms with van der Waals surface area (Å²) in [5.74, 6) is -0.543. The molecular formula is C12H13FINO3. The van der Waals surface area contributed by atoms with Crippen molar-refractivity contribution in [2.24, 2.45) is 0 Å². The van der Waals surface area contributed by atoms with Crippen molar-refractivity contribution >= 4 is 36.8 Å². The molecule has 0 saturated heterocycles. The number of halogens is 2. The van der Waals surface area contributed by atoms with Crippen LogP contribution in [0.3, 0.4) is 0 Å². The van der Waals surface area contributed by atoms with E-state index in [1.165, 1.54) is 12.1 Å². The number of rotatable bonds is 4. The van der Waals surface area contributed by atoms with Gasteiger partial charge in [-0.05, 0) is 35.2 Å². The largest absolute Gasteiger partial charge is 0.466 e. The minimum absolute atomic E-state index is 0.123. The van der Waals surface area contributed by atoms with Gasteiger partial charge in [-0.25, -0.2) is 12.6 Å². The van der Waals surface area contributed by atoms with Gasteiger partial charge in [-0.3, -0.25) is 4.79 Å². The van der Waals surface area contributed by atoms with E-state index in [1.807, 2.05) is 4.01 Å². The minimum Gasteiger partial charge on any atom is -0.466 e. The number of ether oxygens (including phenoxy) is 1. The van der Waals surface area contributed by atoms with Crippen molar-refractivity contribution in [1.29, 1.82) is 0 Å². The average Bonchev–Trinajstić information content (AvgIpc) is 2.78. The third-order valence-corrected chi connectivity index (χ3v) is 4.15. The number of benzene rings is 1. The Morgan fingerprint density at radius 1 is 1.50 bits per heavy atom. The molecule has 1 atom stereocenters. The molecule has 1 heterocycles. The summed E-state index contributed by atoms with van der Waals surface area (Å²) in [6.07, 6.45) is 0.255. The second-order valence-corrected chi connectivity index (χ2v) is 5.28. The van der Waals surface area contributed by atoms with E-state index in [-0.39, 0.29) is 24.2 Å². The molecule has 1 aliphatic rings. The lowest BCUT2D eigenvalue weighted by Crippen LogP contribution is -2.33. The first-order chi connectivity index (χ1) is 8.70. The molecule has 98 valence electrons. The van der Waals surface area contributed by atoms with E-state index in [1.54, 1.807) is 24.1 Å². The zero-order valence-corrected chi connectivity index (χ0v) is 12.0. The fraction of sp³-hybridized carbons (Fsp3) is 0.333. The molecule has 6 heteroatoms. The molecular weight excluding hydrogens is 352 g/mol. The van der Waals surface area contributed by atoms with Gasteiger partial charge in [0.15, 0.2) is 0 Å². The lowest BCUT2D eigenvalue weighted by Gasteiger charge is -2.22. The van der Waals surface area contributed by atoms with Crippen molar-refractivity contribution in [3.63, 3.8) is 0 Å². The van der Waals surface area contributed by atoms with Gasteiger partial charge in [-0.15, -0.1) is 0 Å². The summed E-state index contributed by atoms with van der Waals surface area (Å²) in [4.78, 5) is 11.5. The van der Waals surface area contributed by atoms with E-state index in [2.05, 4.69) is 0 Å². The van der Waals surface area contributed by atoms with Crippen LogP contribution in [0.25, 0.3) is 0 Å². The number of hydrogen-bond acceptors (Lipinski definition) is 4. The standard InChI is InChI=1S/C12H13FINO3/c1-2-17-12(16)7-11-8-14-18-15(11)10-5-3-9(13)4-6-10/h3-6,8,11H,2,7H2,1H3. The second-order valence-electron chi connectivity index (χ2n) is 3.66. The molecule has 0 radical (unpaired) electrons. The van der Waals surface area contributed by atoms with E-state index in [0.717, 1.165) is 5.69 Å². The maximum Gasteiger partial charge on any atom is 0.308 e. The van der Waals surface area contributed by atoms with Gasteiger partial charge in [0.05, 0.1) is 45.9 Å². The Morgan fingerprint density at radius 2 is 2.22 bits per heavy atom. The van der Waals surface area contributed by atoms with Crippen LogP contribution in [0.15, 0.2) is 24.3 Å². The lowest BCUT2D eigenvalue weighted by atomic mass is 10.2. The number of carbonyl (C=O) groups excluding carboxylic acids is 1. The van der Waals surface area contributed by atoms with E-state index >= 15 is 0 Å². The van der Waals surface area contributed by atoms with Gasteiger partial charge in [-0.2, -0.15) is 0 Å². The van der Waals surface area contributed by atoms with Crippen molar-refractivity contribution in [1.82, 2.24) is 0 Å². The fourth-order valence-corrected chi connectivity index (χ4v) is 3.35. The molecule has 0 saturated carbocycles. The number of carbonyl (C=O) groups is 1. The molecule has 1 aromatic rings. The molecule has 0 spiro atoms. The van der Waals surface area contributed by atoms with Crippen LogP contribution in [0.2, 0.25) is 0 Å². The second kappa shape index (κ2) is 6.24. The Kier molecular flexibility index (Phi) is 4.65. The molecule has 0 fully saturated rings. The highest BCUT2D eigenvalue weighted by Crippen LogP contribution is 2.27. The fourth-order valence-electron chi connectivity index (χ4n) is 1.57. The van der Waals surface area contributed by atoms with E-state index < -0.39 is 21.1 Å². The van der Waals surface area contributed by atoms with Gasteiger partial charge in [0.2, 0.25) is 0 Å². The predicted octanol–water partition coefficient (Wildman–Crippen LogP) is 2.59. The Labute approximate surface area is 115 Å². The highest BCUT2D eigenvalue weighted by Gasteiger charge is 2.25. The van der Waals surface area contributed by atoms with Crippen LogP contribution >= 0.6 is 21.1 Å². The highest BCUT2D eigenvalue weighted by molar-refractivity contribution is 14.2. The maximum absolute atomic E-state index is 12.8. The zero-order valence-electron chi connectivity index (χ0n) is 9.81. The van der Waals surface area contributed by atoms with Crippen molar-refractivity contribution in [3.8, 4) is 0 Å². The minimum atomic E-state index is -0.514. The number of anilines is 1. The van der Waals surface area contributed by atoms with Crippen molar-refractivity contribution in [2.75, 3.05) is 11.7 Å². The van der Waals surface area contributed by atoms with Crippen LogP contribution in [0.5, 0.6) is 0 Å². The van der Waals surface area contributed by atoms with Crippen LogP contribution in [0, 0.1) is 5.82 Å². The summed E-state index contributed by atoms with van der Waals surface area (Å²) in [5.41, 5.74) is 0.749. The first-order valence-electron chi connectivity index (χ1n) is 5.55. The third kappa shape index (κ3) is 3.26. The molecule has 1 aliphatic heterocycles. The molecule has 1 aromatic carbocycles. The van der Waals surface area contributed by atoms with Crippen molar-refractivity contribution in [3.05, 3.63) is 30.1 Å². The van der Waals surface area contributed by atoms with Crippen molar-refractivity contribution < 1.29 is 17.1 Å². The van der Waals surface area contributed by atoms with Gasteiger partial charge in [0.25, 0.3) is 0 Å². The topological polar surface area (TPSA) is 38.8 Å². The van der Waals surface area contributed by atoms with Crippen LogP contribution in [0.4, 0.5) is 10.1 Å². The van der Waals surface area contributed by atoms with Crippen LogP contribution < -0.4 is 5.06 Å². The number of hydroxylamine groups is 1. The van der Waals surface area contributed by atoms with Gasteiger partial charge < -0.3 is 4.74 Å². The van der Waals surface area contributed by atoms with Crippen LogP contribution in [-0.2, 0) is 12.7 Å². The molecule has 0 N–H and O–H groups in total. The first kappa shape index (κ1) is 13.4. The lowest BCUT2D eigenvalue weighted by molar-refractivity contribution is -0.143. The van der Waals surface area contributed by atoms with Gasteiger partial charge in [0, 0.05) is 0 Å². The summed E-state index contributed by atoms with van der Waals surface area (Å²) in [5, 5.41) is 1.66. The monoisotopic (exact) mass is 365 g/mol. The summed E-state index contributed by atoms with van der Waals surface area (Å²) in [6, 6.07) is 5.89. The summed E-state index contributed by atoms with van der Waals surface area (Å²) in [7, 11) is 0. The van der Waals surface area contributed by atoms with Crippen molar-refractivity contribution in [2.45, 2.75) is 19.4 Å².